The SMILES string of the molecule is CC(C)(C)c1cc2c3c(c1)Cc1cc(C(C)(C)C)cc4c1OCOc1c(cc(C(C)(C)C)cc1Cc1cc(C(C)(C)C)cc5c1OCOc1c(cc(C(C)(C)C)cc1Cc1cc(C(C)(C)C)cc6c1OCOc1c(cc(C(C)(C)C)cc1Cc1cc(C(C)(C)C)cc(c1OCO3)C2)C6)C5)C4. The summed E-state index contributed by atoms with van der Waals surface area (Å²) in [6.07, 6.45) is 4.75. The van der Waals surface area contributed by atoms with Crippen LogP contribution in [-0.4, -0.2) is 27.2 Å². The quantitative estimate of drug-likeness (QED) is 0.149. The number of hydrogen-bond donors (Lipinski definition) is 0. The fourth-order valence-electron chi connectivity index (χ4n) is 15.3. The first kappa shape index (κ1) is 70.6. The standard InChI is InChI=1S/C92H112O8/c1-85(2,3)69-33-53-25-54-34-70(86(4,5)6)43-63-30-64-44-73(89(13,14)15)37-57-27-58-38-74(90(16,17)18)47-67(82(58)98-51-97-81(57)64)32-68-48-76(92(22,23)24)40-60-28-59-39-75(91(19,20)21)46-66(83(59)99-52-100-84(60)68)31-65-45-72(88(10,11)12)36-56-26-55-35-71(87(7,8)9)42-62(79(55)95-50-96-80(56)65)29-61(41-69)77(53)93-49-94-78(54)63/h33-48H,25-32,49-52H2,1-24H3. The van der Waals surface area contributed by atoms with Gasteiger partial charge in [-0.05, 0) is 177 Å². The maximum absolute atomic E-state index is 7.14. The van der Waals surface area contributed by atoms with Gasteiger partial charge in [-0.1, -0.05) is 263 Å². The predicted octanol–water partition coefficient (Wildman–Crippen LogP) is 22.0. The maximum Gasteiger partial charge on any atom is 0.230 e. The van der Waals surface area contributed by atoms with E-state index in [9.17, 15) is 0 Å². The molecule has 0 fully saturated rings. The normalized spacial score (nSPS) is 15.8. The lowest BCUT2D eigenvalue weighted by Crippen LogP contribution is -2.21. The highest BCUT2D eigenvalue weighted by molar-refractivity contribution is 5.64. The Hall–Kier alpha value is -7.84. The molecule has 15 aliphatic heterocycles. The molecule has 8 aromatic carbocycles. The number of benzene rings is 8. The van der Waals surface area contributed by atoms with Crippen molar-refractivity contribution in [2.75, 3.05) is 27.2 Å². The predicted molar refractivity (Wildman–Crippen MR) is 408 cm³/mol. The highest BCUT2D eigenvalue weighted by atomic mass is 16.7. The molecule has 0 radical (unpaired) electrons. The second-order valence-corrected chi connectivity index (χ2v) is 38.0. The summed E-state index contributed by atoms with van der Waals surface area (Å²) >= 11 is 0. The molecule has 1 aliphatic carbocycles. The van der Waals surface area contributed by atoms with Crippen LogP contribution in [0.3, 0.4) is 0 Å². The molecule has 16 aliphatic rings. The molecule has 0 unspecified atom stereocenters. The van der Waals surface area contributed by atoms with E-state index >= 15 is 0 Å². The minimum Gasteiger partial charge on any atom is -0.457 e. The Balaban J connectivity index is 1.08. The number of rotatable bonds is 0. The van der Waals surface area contributed by atoms with Gasteiger partial charge in [-0.2, -0.15) is 0 Å². The molecule has 24 bridgehead atoms. The van der Waals surface area contributed by atoms with Crippen molar-refractivity contribution in [3.63, 3.8) is 0 Å². The Bertz CT molecular complexity index is 3690. The van der Waals surface area contributed by atoms with Crippen LogP contribution in [0, 0.1) is 0 Å². The van der Waals surface area contributed by atoms with Gasteiger partial charge in [-0.3, -0.25) is 0 Å². The molecular weight excluding hydrogens is 1230 g/mol. The summed E-state index contributed by atoms with van der Waals surface area (Å²) in [6.45, 7) is 55.8. The molecule has 24 rings (SSSR count). The summed E-state index contributed by atoms with van der Waals surface area (Å²) in [4.78, 5) is 0. The first-order valence-electron chi connectivity index (χ1n) is 36.8. The molecule has 100 heavy (non-hydrogen) atoms. The van der Waals surface area contributed by atoms with Crippen molar-refractivity contribution in [2.24, 2.45) is 0 Å². The van der Waals surface area contributed by atoms with Crippen molar-refractivity contribution in [1.29, 1.82) is 0 Å². The van der Waals surface area contributed by atoms with E-state index < -0.39 is 0 Å². The van der Waals surface area contributed by atoms with E-state index in [1.807, 2.05) is 0 Å². The van der Waals surface area contributed by atoms with Gasteiger partial charge in [0.05, 0.1) is 0 Å². The Morgan fingerprint density at radius 2 is 0.230 bits per heavy atom. The number of hydrogen-bond acceptors (Lipinski definition) is 8. The lowest BCUT2D eigenvalue weighted by molar-refractivity contribution is 0.111. The van der Waals surface area contributed by atoms with E-state index in [2.05, 4.69) is 263 Å². The van der Waals surface area contributed by atoms with E-state index in [0.717, 1.165) is 135 Å². The first-order chi connectivity index (χ1) is 46.5. The van der Waals surface area contributed by atoms with Crippen molar-refractivity contribution >= 4 is 0 Å². The Labute approximate surface area is 599 Å². The van der Waals surface area contributed by atoms with Gasteiger partial charge < -0.3 is 37.9 Å². The van der Waals surface area contributed by atoms with Crippen molar-refractivity contribution in [3.8, 4) is 46.0 Å². The largest absolute Gasteiger partial charge is 0.457 e. The lowest BCUT2D eigenvalue weighted by Gasteiger charge is -2.31. The molecule has 8 heteroatoms. The van der Waals surface area contributed by atoms with E-state index in [0.29, 0.717) is 51.4 Å². The summed E-state index contributed by atoms with van der Waals surface area (Å²) in [5, 5.41) is 0. The van der Waals surface area contributed by atoms with E-state index in [1.54, 1.807) is 0 Å². The van der Waals surface area contributed by atoms with Gasteiger partial charge >= 0.3 is 0 Å². The third kappa shape index (κ3) is 14.3. The van der Waals surface area contributed by atoms with Crippen LogP contribution >= 0.6 is 0 Å². The molecule has 0 spiro atoms. The highest BCUT2D eigenvalue weighted by Crippen LogP contribution is 2.49. The van der Waals surface area contributed by atoms with Crippen LogP contribution in [0.5, 0.6) is 46.0 Å². The molecule has 0 atom stereocenters. The zero-order chi connectivity index (χ0) is 71.9. The van der Waals surface area contributed by atoms with Gasteiger partial charge in [-0.15, -0.1) is 0 Å². The Morgan fingerprint density at radius 3 is 0.300 bits per heavy atom. The van der Waals surface area contributed by atoms with Crippen molar-refractivity contribution < 1.29 is 37.9 Å². The average Bonchev–Trinajstić information content (AvgIpc) is 0.766. The minimum absolute atomic E-state index is 0.0357. The van der Waals surface area contributed by atoms with Crippen LogP contribution in [0.2, 0.25) is 0 Å². The third-order valence-corrected chi connectivity index (χ3v) is 21.5. The third-order valence-electron chi connectivity index (χ3n) is 21.5. The van der Waals surface area contributed by atoms with Crippen LogP contribution in [0.15, 0.2) is 97.1 Å². The van der Waals surface area contributed by atoms with E-state index in [-0.39, 0.29) is 70.5 Å². The van der Waals surface area contributed by atoms with Crippen molar-refractivity contribution in [1.82, 2.24) is 0 Å². The molecule has 0 saturated heterocycles. The molecule has 8 aromatic rings. The maximum atomic E-state index is 7.14. The fourth-order valence-corrected chi connectivity index (χ4v) is 15.3. The smallest absolute Gasteiger partial charge is 0.230 e. The monoisotopic (exact) mass is 1340 g/mol. The molecular formula is C92H112O8. The average molecular weight is 1350 g/mol. The summed E-state index contributed by atoms with van der Waals surface area (Å²) in [7, 11) is 0. The molecule has 0 aromatic heterocycles. The van der Waals surface area contributed by atoms with Crippen LogP contribution in [0.4, 0.5) is 0 Å². The molecule has 0 saturated carbocycles. The number of ether oxygens (including phenoxy) is 8. The van der Waals surface area contributed by atoms with Crippen LogP contribution in [0.25, 0.3) is 0 Å². The lowest BCUT2D eigenvalue weighted by atomic mass is 9.79. The summed E-state index contributed by atoms with van der Waals surface area (Å²) in [5.74, 6) is 6.91. The van der Waals surface area contributed by atoms with Crippen molar-refractivity contribution in [2.45, 2.75) is 261 Å². The molecule has 528 valence electrons. The van der Waals surface area contributed by atoms with E-state index in [4.69, 9.17) is 37.9 Å². The van der Waals surface area contributed by atoms with Crippen LogP contribution in [-0.2, 0) is 94.7 Å². The fraction of sp³-hybridized carbons (Fsp3) is 0.478. The van der Waals surface area contributed by atoms with Crippen LogP contribution in [0.1, 0.15) is 300 Å². The second kappa shape index (κ2) is 25.0. The van der Waals surface area contributed by atoms with Gasteiger partial charge in [0.1, 0.15) is 46.0 Å². The minimum atomic E-state index is -0.177. The summed E-state index contributed by atoms with van der Waals surface area (Å²) < 4.78 is 57.1. The zero-order valence-electron chi connectivity index (χ0n) is 65.0. The van der Waals surface area contributed by atoms with Gasteiger partial charge in [0.2, 0.25) is 27.2 Å². The molecule has 0 N–H and O–H groups in total. The zero-order valence-corrected chi connectivity index (χ0v) is 65.0. The van der Waals surface area contributed by atoms with Gasteiger partial charge in [0.25, 0.3) is 0 Å². The highest BCUT2D eigenvalue weighted by Gasteiger charge is 2.35. The van der Waals surface area contributed by atoms with Crippen molar-refractivity contribution in [3.05, 3.63) is 231 Å². The molecule has 0 amide bonds. The Morgan fingerprint density at radius 1 is 0.150 bits per heavy atom. The summed E-state index contributed by atoms with van der Waals surface area (Å²) in [6, 6.07) is 38.3. The van der Waals surface area contributed by atoms with Gasteiger partial charge in [-0.25, -0.2) is 0 Å². The first-order valence-corrected chi connectivity index (χ1v) is 36.8. The molecule has 15 heterocycles. The van der Waals surface area contributed by atoms with E-state index in [1.165, 1.54) is 44.5 Å². The topological polar surface area (TPSA) is 73.8 Å². The summed E-state index contributed by atoms with van der Waals surface area (Å²) in [5.41, 5.74) is 26.5. The second-order valence-electron chi connectivity index (χ2n) is 38.0. The molecule has 8 nitrogen and oxygen atoms in total. The van der Waals surface area contributed by atoms with Crippen LogP contribution < -0.4 is 37.9 Å². The van der Waals surface area contributed by atoms with Gasteiger partial charge in [0.15, 0.2) is 0 Å². The Kier molecular flexibility index (Phi) is 17.6. The van der Waals surface area contributed by atoms with Gasteiger partial charge in [0, 0.05) is 51.4 Å².